The van der Waals surface area contributed by atoms with Crippen molar-refractivity contribution in [2.75, 3.05) is 13.7 Å². The van der Waals surface area contributed by atoms with E-state index in [9.17, 15) is 4.79 Å². The quantitative estimate of drug-likeness (QED) is 0.678. The zero-order chi connectivity index (χ0) is 20.1. The molecule has 0 aliphatic heterocycles. The highest BCUT2D eigenvalue weighted by Crippen LogP contribution is 2.28. The molecular formula is C22H25N3O3. The summed E-state index contributed by atoms with van der Waals surface area (Å²) in [5.41, 5.74) is 4.43. The molecular weight excluding hydrogens is 354 g/mol. The molecule has 6 nitrogen and oxygen atoms in total. The molecule has 0 atom stereocenters. The molecule has 1 heterocycles. The van der Waals surface area contributed by atoms with Crippen molar-refractivity contribution in [3.63, 3.8) is 0 Å². The summed E-state index contributed by atoms with van der Waals surface area (Å²) in [5, 5.41) is 7.60. The highest BCUT2D eigenvalue weighted by atomic mass is 16.5. The van der Waals surface area contributed by atoms with Crippen molar-refractivity contribution in [1.29, 1.82) is 0 Å². The minimum absolute atomic E-state index is 0.171. The number of aryl methyl sites for hydroxylation is 1. The third-order valence-electron chi connectivity index (χ3n) is 4.59. The van der Waals surface area contributed by atoms with Crippen LogP contribution in [-0.4, -0.2) is 29.4 Å². The topological polar surface area (TPSA) is 65.4 Å². The van der Waals surface area contributed by atoms with Gasteiger partial charge in [-0.1, -0.05) is 18.2 Å². The van der Waals surface area contributed by atoms with E-state index in [2.05, 4.69) is 10.4 Å². The molecule has 0 saturated heterocycles. The second-order valence-corrected chi connectivity index (χ2v) is 6.38. The molecule has 0 spiro atoms. The third kappa shape index (κ3) is 4.01. The van der Waals surface area contributed by atoms with Gasteiger partial charge >= 0.3 is 0 Å². The van der Waals surface area contributed by atoms with Gasteiger partial charge in [-0.05, 0) is 51.1 Å². The molecule has 146 valence electrons. The van der Waals surface area contributed by atoms with E-state index in [1.54, 1.807) is 25.3 Å². The van der Waals surface area contributed by atoms with Crippen LogP contribution in [-0.2, 0) is 6.54 Å². The summed E-state index contributed by atoms with van der Waals surface area (Å²) < 4.78 is 12.7. The number of nitrogens with one attached hydrogen (secondary N) is 1. The van der Waals surface area contributed by atoms with Gasteiger partial charge < -0.3 is 14.8 Å². The second-order valence-electron chi connectivity index (χ2n) is 6.38. The van der Waals surface area contributed by atoms with Crippen LogP contribution < -0.4 is 14.8 Å². The van der Waals surface area contributed by atoms with Crippen molar-refractivity contribution >= 4 is 5.91 Å². The fourth-order valence-electron chi connectivity index (χ4n) is 3.11. The van der Waals surface area contributed by atoms with E-state index >= 15 is 0 Å². The number of hydrogen-bond acceptors (Lipinski definition) is 4. The van der Waals surface area contributed by atoms with Gasteiger partial charge in [-0.15, -0.1) is 0 Å². The highest BCUT2D eigenvalue weighted by molar-refractivity contribution is 5.94. The normalized spacial score (nSPS) is 10.6. The first-order valence-corrected chi connectivity index (χ1v) is 9.24. The molecule has 6 heteroatoms. The van der Waals surface area contributed by atoms with Crippen molar-refractivity contribution in [3.8, 4) is 17.2 Å². The molecule has 3 rings (SSSR count). The Morgan fingerprint density at radius 2 is 1.86 bits per heavy atom. The van der Waals surface area contributed by atoms with E-state index < -0.39 is 0 Å². The third-order valence-corrected chi connectivity index (χ3v) is 4.59. The minimum Gasteiger partial charge on any atom is -0.493 e. The van der Waals surface area contributed by atoms with Gasteiger partial charge in [-0.3, -0.25) is 4.79 Å². The van der Waals surface area contributed by atoms with Crippen molar-refractivity contribution in [3.05, 3.63) is 71.0 Å². The van der Waals surface area contributed by atoms with E-state index in [-0.39, 0.29) is 5.91 Å². The van der Waals surface area contributed by atoms with Crippen molar-refractivity contribution in [2.45, 2.75) is 27.3 Å². The predicted octanol–water partition coefficient (Wildman–Crippen LogP) is 3.83. The van der Waals surface area contributed by atoms with Gasteiger partial charge in [0.05, 0.1) is 25.1 Å². The first kappa shape index (κ1) is 19.5. The summed E-state index contributed by atoms with van der Waals surface area (Å²) in [6.07, 6.45) is 0. The first-order valence-electron chi connectivity index (χ1n) is 9.24. The summed E-state index contributed by atoms with van der Waals surface area (Å²) in [6, 6.07) is 15.1. The Hall–Kier alpha value is -3.28. The number of hydrogen-bond donors (Lipinski definition) is 1. The number of carbonyl (C=O) groups is 1. The Labute approximate surface area is 165 Å². The number of ether oxygens (including phenoxy) is 2. The molecule has 0 saturated carbocycles. The number of aromatic nitrogens is 2. The van der Waals surface area contributed by atoms with Gasteiger partial charge in [0.25, 0.3) is 5.91 Å². The molecule has 2 aromatic carbocycles. The van der Waals surface area contributed by atoms with Gasteiger partial charge in [-0.25, -0.2) is 4.68 Å². The summed E-state index contributed by atoms with van der Waals surface area (Å²) in [5.74, 6) is 0.992. The zero-order valence-corrected chi connectivity index (χ0v) is 16.7. The molecule has 0 aliphatic carbocycles. The van der Waals surface area contributed by atoms with Crippen LogP contribution in [0.4, 0.5) is 0 Å². The predicted molar refractivity (Wildman–Crippen MR) is 108 cm³/mol. The SMILES string of the molecule is CCOc1cc(C(=O)NCc2c(C)nn(-c3ccccc3)c2C)ccc1OC. The van der Waals surface area contributed by atoms with Crippen LogP contribution in [0.5, 0.6) is 11.5 Å². The van der Waals surface area contributed by atoms with E-state index in [4.69, 9.17) is 9.47 Å². The number of methoxy groups -OCH3 is 1. The van der Waals surface area contributed by atoms with Crippen LogP contribution in [0.3, 0.4) is 0 Å². The lowest BCUT2D eigenvalue weighted by Crippen LogP contribution is -2.23. The van der Waals surface area contributed by atoms with Crippen LogP contribution in [0.15, 0.2) is 48.5 Å². The largest absolute Gasteiger partial charge is 0.493 e. The van der Waals surface area contributed by atoms with Gasteiger partial charge in [0.15, 0.2) is 11.5 Å². The zero-order valence-electron chi connectivity index (χ0n) is 16.7. The lowest BCUT2D eigenvalue weighted by atomic mass is 10.1. The second kappa shape index (κ2) is 8.61. The monoisotopic (exact) mass is 379 g/mol. The van der Waals surface area contributed by atoms with Crippen LogP contribution in [0.25, 0.3) is 5.69 Å². The Morgan fingerprint density at radius 3 is 2.54 bits per heavy atom. The Bertz CT molecular complexity index is 965. The average Bonchev–Trinajstić information content (AvgIpc) is 3.00. The summed E-state index contributed by atoms with van der Waals surface area (Å²) in [6.45, 7) is 6.75. The van der Waals surface area contributed by atoms with Crippen LogP contribution in [0.2, 0.25) is 0 Å². The maximum Gasteiger partial charge on any atom is 0.251 e. The minimum atomic E-state index is -0.171. The van der Waals surface area contributed by atoms with Gasteiger partial charge in [-0.2, -0.15) is 5.10 Å². The van der Waals surface area contributed by atoms with Gasteiger partial charge in [0.1, 0.15) is 0 Å². The van der Waals surface area contributed by atoms with E-state index in [1.165, 1.54) is 0 Å². The number of carbonyl (C=O) groups excluding carboxylic acids is 1. The molecule has 1 N–H and O–H groups in total. The van der Waals surface area contributed by atoms with Crippen LogP contribution >= 0.6 is 0 Å². The number of rotatable bonds is 7. The maximum absolute atomic E-state index is 12.6. The van der Waals surface area contributed by atoms with Crippen molar-refractivity contribution in [2.24, 2.45) is 0 Å². The molecule has 1 aromatic heterocycles. The van der Waals surface area contributed by atoms with Crippen LogP contribution in [0, 0.1) is 13.8 Å². The highest BCUT2D eigenvalue weighted by Gasteiger charge is 2.15. The van der Waals surface area contributed by atoms with Crippen molar-refractivity contribution in [1.82, 2.24) is 15.1 Å². The lowest BCUT2D eigenvalue weighted by Gasteiger charge is -2.11. The molecule has 0 aliphatic rings. The summed E-state index contributed by atoms with van der Waals surface area (Å²) >= 11 is 0. The molecule has 0 radical (unpaired) electrons. The van der Waals surface area contributed by atoms with Crippen LogP contribution in [0.1, 0.15) is 34.2 Å². The number of para-hydroxylation sites is 1. The number of amides is 1. The molecule has 28 heavy (non-hydrogen) atoms. The lowest BCUT2D eigenvalue weighted by molar-refractivity contribution is 0.0950. The average molecular weight is 379 g/mol. The van der Waals surface area contributed by atoms with E-state index in [0.29, 0.717) is 30.2 Å². The molecule has 0 bridgehead atoms. The number of nitrogens with zero attached hydrogens (tertiary/aromatic N) is 2. The molecule has 0 unspecified atom stereocenters. The summed E-state index contributed by atoms with van der Waals surface area (Å²) in [4.78, 5) is 12.6. The van der Waals surface area contributed by atoms with Gasteiger partial charge in [0.2, 0.25) is 0 Å². The van der Waals surface area contributed by atoms with Crippen molar-refractivity contribution < 1.29 is 14.3 Å². The molecule has 1 amide bonds. The van der Waals surface area contributed by atoms with Gasteiger partial charge in [0, 0.05) is 23.4 Å². The van der Waals surface area contributed by atoms with E-state index in [0.717, 1.165) is 22.6 Å². The molecule has 3 aromatic rings. The number of benzene rings is 2. The Kier molecular flexibility index (Phi) is 5.99. The summed E-state index contributed by atoms with van der Waals surface area (Å²) in [7, 11) is 1.58. The smallest absolute Gasteiger partial charge is 0.251 e. The fraction of sp³-hybridized carbons (Fsp3) is 0.273. The maximum atomic E-state index is 12.6. The Morgan fingerprint density at radius 1 is 1.11 bits per heavy atom. The molecule has 0 fully saturated rings. The fourth-order valence-corrected chi connectivity index (χ4v) is 3.11. The standard InChI is InChI=1S/C22H25N3O3/c1-5-28-21-13-17(11-12-20(21)27-4)22(26)23-14-19-15(2)24-25(16(19)3)18-9-7-6-8-10-18/h6-13H,5,14H2,1-4H3,(H,23,26). The Balaban J connectivity index is 1.77. The first-order chi connectivity index (χ1) is 13.5. The van der Waals surface area contributed by atoms with E-state index in [1.807, 2.05) is 55.8 Å².